The van der Waals surface area contributed by atoms with E-state index in [1.54, 1.807) is 34.8 Å². The van der Waals surface area contributed by atoms with Crippen LogP contribution in [0.5, 0.6) is 0 Å². The number of nitrogens with zero attached hydrogens (tertiary/aromatic N) is 3. The molecule has 0 bridgehead atoms. The summed E-state index contributed by atoms with van der Waals surface area (Å²) >= 11 is 0. The van der Waals surface area contributed by atoms with E-state index in [4.69, 9.17) is 0 Å². The van der Waals surface area contributed by atoms with Crippen molar-refractivity contribution in [2.75, 3.05) is 12.3 Å². The zero-order valence-electron chi connectivity index (χ0n) is 17.8. The largest absolute Gasteiger partial charge is 0.356 e. The molecule has 0 aromatic carbocycles. The quantitative estimate of drug-likeness (QED) is 0.493. The standard InChI is InChI=1S/C21H22N6O5S/c1-12-2-3-15(25-19(12)28)21(30)26-5-6-27-16(11-26)13(9-24-27)8-23-20(29)18-14-4-7-33(31,32)17(14)10-22-18/h2-3,9-10,22H,4-8,11H2,1H3,(H,23,29)(H,25,28). The first-order valence-corrected chi connectivity index (χ1v) is 12.1. The summed E-state index contributed by atoms with van der Waals surface area (Å²) in [5, 5.41) is 7.16. The Kier molecular flexibility index (Phi) is 4.96. The monoisotopic (exact) mass is 470 g/mol. The summed E-state index contributed by atoms with van der Waals surface area (Å²) in [7, 11) is -3.32. The Labute approximate surface area is 188 Å². The maximum Gasteiger partial charge on any atom is 0.270 e. The van der Waals surface area contributed by atoms with E-state index in [1.807, 2.05) is 0 Å². The first-order chi connectivity index (χ1) is 15.7. The number of carbonyl (C=O) groups is 2. The van der Waals surface area contributed by atoms with Crippen LogP contribution in [0.4, 0.5) is 0 Å². The Balaban J connectivity index is 1.30. The third kappa shape index (κ3) is 3.65. The number of aromatic nitrogens is 4. The Morgan fingerprint density at radius 2 is 2.06 bits per heavy atom. The number of sulfone groups is 1. The van der Waals surface area contributed by atoms with Crippen LogP contribution in [0.25, 0.3) is 0 Å². The molecule has 0 fully saturated rings. The van der Waals surface area contributed by atoms with Gasteiger partial charge >= 0.3 is 0 Å². The molecule has 2 aliphatic heterocycles. The number of rotatable bonds is 4. The van der Waals surface area contributed by atoms with Crippen molar-refractivity contribution in [2.45, 2.75) is 37.9 Å². The number of amides is 2. The lowest BCUT2D eigenvalue weighted by Crippen LogP contribution is -2.40. The fraction of sp³-hybridized carbons (Fsp3) is 0.333. The number of hydrogen-bond acceptors (Lipinski definition) is 6. The Morgan fingerprint density at radius 1 is 1.24 bits per heavy atom. The molecule has 33 heavy (non-hydrogen) atoms. The second kappa shape index (κ2) is 7.73. The average molecular weight is 471 g/mol. The second-order valence-electron chi connectivity index (χ2n) is 8.21. The van der Waals surface area contributed by atoms with Gasteiger partial charge in [-0.1, -0.05) is 6.07 Å². The van der Waals surface area contributed by atoms with Gasteiger partial charge in [0.2, 0.25) is 0 Å². The number of hydrogen-bond donors (Lipinski definition) is 3. The fourth-order valence-electron chi connectivity index (χ4n) is 4.24. The van der Waals surface area contributed by atoms with E-state index in [1.165, 1.54) is 6.20 Å². The summed E-state index contributed by atoms with van der Waals surface area (Å²) in [6.45, 7) is 3.08. The van der Waals surface area contributed by atoms with E-state index in [9.17, 15) is 22.8 Å². The second-order valence-corrected chi connectivity index (χ2v) is 10.3. The summed E-state index contributed by atoms with van der Waals surface area (Å²) in [5.74, 6) is -0.661. The van der Waals surface area contributed by atoms with E-state index in [0.717, 1.165) is 11.3 Å². The number of aromatic amines is 2. The highest BCUT2D eigenvalue weighted by Crippen LogP contribution is 2.28. The minimum Gasteiger partial charge on any atom is -0.356 e. The van der Waals surface area contributed by atoms with Crippen LogP contribution in [-0.2, 0) is 35.9 Å². The highest BCUT2D eigenvalue weighted by molar-refractivity contribution is 7.91. The van der Waals surface area contributed by atoms with Crippen molar-refractivity contribution in [3.05, 3.63) is 68.7 Å². The van der Waals surface area contributed by atoms with Gasteiger partial charge in [0.25, 0.3) is 17.4 Å². The van der Waals surface area contributed by atoms with Gasteiger partial charge in [-0.15, -0.1) is 0 Å². The van der Waals surface area contributed by atoms with Crippen molar-refractivity contribution < 1.29 is 18.0 Å². The average Bonchev–Trinajstić information content (AvgIpc) is 3.48. The molecule has 0 aliphatic carbocycles. The van der Waals surface area contributed by atoms with Gasteiger partial charge in [0.1, 0.15) is 11.4 Å². The van der Waals surface area contributed by atoms with Crippen molar-refractivity contribution in [2.24, 2.45) is 0 Å². The summed E-state index contributed by atoms with van der Waals surface area (Å²) in [6, 6.07) is 3.21. The molecule has 3 aromatic heterocycles. The van der Waals surface area contributed by atoms with E-state index in [-0.39, 0.29) is 46.6 Å². The predicted octanol–water partition coefficient (Wildman–Crippen LogP) is 0.124. The van der Waals surface area contributed by atoms with Crippen molar-refractivity contribution in [3.63, 3.8) is 0 Å². The van der Waals surface area contributed by atoms with Crippen LogP contribution in [-0.4, -0.2) is 57.2 Å². The minimum atomic E-state index is -3.32. The summed E-state index contributed by atoms with van der Waals surface area (Å²) in [5.41, 5.74) is 2.80. The van der Waals surface area contributed by atoms with E-state index < -0.39 is 15.7 Å². The van der Waals surface area contributed by atoms with Gasteiger partial charge < -0.3 is 20.2 Å². The normalized spacial score (nSPS) is 16.3. The van der Waals surface area contributed by atoms with Crippen LogP contribution in [0, 0.1) is 6.92 Å². The van der Waals surface area contributed by atoms with E-state index >= 15 is 0 Å². The Morgan fingerprint density at radius 3 is 2.85 bits per heavy atom. The molecule has 5 heterocycles. The predicted molar refractivity (Wildman–Crippen MR) is 116 cm³/mol. The highest BCUT2D eigenvalue weighted by Gasteiger charge is 2.32. The molecule has 5 rings (SSSR count). The van der Waals surface area contributed by atoms with Gasteiger partial charge in [-0.25, -0.2) is 8.42 Å². The van der Waals surface area contributed by atoms with Gasteiger partial charge in [0.15, 0.2) is 9.84 Å². The summed E-state index contributed by atoms with van der Waals surface area (Å²) < 4.78 is 25.8. The fourth-order valence-corrected chi connectivity index (χ4v) is 5.75. The maximum absolute atomic E-state index is 12.9. The smallest absolute Gasteiger partial charge is 0.270 e. The van der Waals surface area contributed by atoms with Crippen LogP contribution in [0.3, 0.4) is 0 Å². The molecule has 0 saturated carbocycles. The Hall–Kier alpha value is -3.67. The molecular weight excluding hydrogens is 448 g/mol. The van der Waals surface area contributed by atoms with Crippen molar-refractivity contribution in [1.29, 1.82) is 0 Å². The zero-order chi connectivity index (χ0) is 23.3. The van der Waals surface area contributed by atoms with E-state index in [0.29, 0.717) is 30.6 Å². The van der Waals surface area contributed by atoms with Crippen molar-refractivity contribution >= 4 is 21.7 Å². The van der Waals surface area contributed by atoms with Crippen LogP contribution in [0.2, 0.25) is 0 Å². The van der Waals surface area contributed by atoms with Gasteiger partial charge in [0, 0.05) is 36.0 Å². The van der Waals surface area contributed by atoms with Gasteiger partial charge in [0.05, 0.1) is 35.6 Å². The topological polar surface area (TPSA) is 150 Å². The summed E-state index contributed by atoms with van der Waals surface area (Å²) in [6.07, 6.45) is 3.33. The zero-order valence-corrected chi connectivity index (χ0v) is 18.7. The van der Waals surface area contributed by atoms with Crippen LogP contribution in [0.1, 0.15) is 43.4 Å². The summed E-state index contributed by atoms with van der Waals surface area (Å²) in [4.78, 5) is 44.7. The van der Waals surface area contributed by atoms with Gasteiger partial charge in [-0.2, -0.15) is 5.10 Å². The third-order valence-corrected chi connectivity index (χ3v) is 7.93. The SMILES string of the molecule is Cc1ccc(C(=O)N2CCn3ncc(CNC(=O)c4[nH]cc5c4CCS5(=O)=O)c3C2)[nH]c1=O. The molecule has 0 radical (unpaired) electrons. The van der Waals surface area contributed by atoms with Gasteiger partial charge in [-0.3, -0.25) is 19.1 Å². The lowest BCUT2D eigenvalue weighted by Gasteiger charge is -2.28. The number of fused-ring (bicyclic) bond motifs is 2. The first-order valence-electron chi connectivity index (χ1n) is 10.5. The maximum atomic E-state index is 12.9. The molecule has 0 unspecified atom stereocenters. The number of aryl methyl sites for hydroxylation is 1. The van der Waals surface area contributed by atoms with E-state index in [2.05, 4.69) is 20.4 Å². The molecule has 2 amide bonds. The Bertz CT molecular complexity index is 1450. The lowest BCUT2D eigenvalue weighted by molar-refractivity contribution is 0.0698. The molecule has 172 valence electrons. The molecular formula is C21H22N6O5S. The highest BCUT2D eigenvalue weighted by atomic mass is 32.2. The molecule has 11 nitrogen and oxygen atoms in total. The number of H-pyrrole nitrogens is 2. The number of carbonyl (C=O) groups excluding carboxylic acids is 2. The minimum absolute atomic E-state index is 0.0135. The lowest BCUT2D eigenvalue weighted by atomic mass is 10.1. The molecule has 0 spiro atoms. The molecule has 0 saturated heterocycles. The van der Waals surface area contributed by atoms with Crippen molar-refractivity contribution in [1.82, 2.24) is 30.0 Å². The van der Waals surface area contributed by atoms with Crippen molar-refractivity contribution in [3.8, 4) is 0 Å². The van der Waals surface area contributed by atoms with Gasteiger partial charge in [-0.05, 0) is 19.4 Å². The van der Waals surface area contributed by atoms with Crippen LogP contribution < -0.4 is 10.9 Å². The number of nitrogens with one attached hydrogen (secondary N) is 3. The molecule has 2 aliphatic rings. The van der Waals surface area contributed by atoms with Crippen LogP contribution >= 0.6 is 0 Å². The first kappa shape index (κ1) is 21.2. The molecule has 12 heteroatoms. The third-order valence-electron chi connectivity index (χ3n) is 6.15. The molecule has 3 N–H and O–H groups in total. The number of pyridine rings is 1. The molecule has 0 atom stereocenters. The molecule has 3 aromatic rings. The van der Waals surface area contributed by atoms with Crippen LogP contribution in [0.15, 0.2) is 34.2 Å².